The first kappa shape index (κ1) is 14.4. The van der Waals surface area contributed by atoms with Gasteiger partial charge in [-0.15, -0.1) is 0 Å². The summed E-state index contributed by atoms with van der Waals surface area (Å²) in [4.78, 5) is 38.1. The maximum atomic E-state index is 12.4. The molecular formula is C15H16N2O5. The van der Waals surface area contributed by atoms with E-state index in [0.717, 1.165) is 30.8 Å². The summed E-state index contributed by atoms with van der Waals surface area (Å²) in [6.45, 7) is 0.810. The Morgan fingerprint density at radius 1 is 1.23 bits per heavy atom. The Labute approximate surface area is 127 Å². The standard InChI is InChI=1S/C15H16N2O5/c18-13-9-22-12-4-3-10(15(21)16-5-1-2-6-16)7-11(12)17(13)8-14(19)20/h3-4,7H,1-2,5-6,8-9H2,(H,19,20). The molecule has 0 bridgehead atoms. The molecule has 0 radical (unpaired) electrons. The Balaban J connectivity index is 1.93. The molecule has 0 aromatic heterocycles. The number of fused-ring (bicyclic) bond motifs is 1. The van der Waals surface area contributed by atoms with Crippen LogP contribution in [0.2, 0.25) is 0 Å². The van der Waals surface area contributed by atoms with Crippen molar-refractivity contribution in [2.24, 2.45) is 0 Å². The van der Waals surface area contributed by atoms with Crippen molar-refractivity contribution in [2.75, 3.05) is 31.1 Å². The van der Waals surface area contributed by atoms with Gasteiger partial charge in [0.15, 0.2) is 6.61 Å². The summed E-state index contributed by atoms with van der Waals surface area (Å²) in [6, 6.07) is 4.80. The van der Waals surface area contributed by atoms with Crippen molar-refractivity contribution in [3.05, 3.63) is 23.8 Å². The number of carboxylic acid groups (broad SMARTS) is 1. The molecule has 0 aliphatic carbocycles. The molecule has 116 valence electrons. The van der Waals surface area contributed by atoms with Crippen LogP contribution >= 0.6 is 0 Å². The number of ether oxygens (including phenoxy) is 1. The molecule has 1 saturated heterocycles. The summed E-state index contributed by atoms with van der Waals surface area (Å²) in [5, 5.41) is 8.95. The second-order valence-corrected chi connectivity index (χ2v) is 5.34. The minimum absolute atomic E-state index is 0.103. The SMILES string of the molecule is O=C(O)CN1C(=O)COc2ccc(C(=O)N3CCCC3)cc21. The van der Waals surface area contributed by atoms with E-state index < -0.39 is 18.4 Å². The second-order valence-electron chi connectivity index (χ2n) is 5.34. The maximum Gasteiger partial charge on any atom is 0.323 e. The number of carbonyl (C=O) groups excluding carboxylic acids is 2. The summed E-state index contributed by atoms with van der Waals surface area (Å²) >= 11 is 0. The van der Waals surface area contributed by atoms with Crippen molar-refractivity contribution in [1.82, 2.24) is 4.90 Å². The van der Waals surface area contributed by atoms with Crippen LogP contribution < -0.4 is 9.64 Å². The van der Waals surface area contributed by atoms with E-state index in [-0.39, 0.29) is 12.5 Å². The lowest BCUT2D eigenvalue weighted by Crippen LogP contribution is -2.42. The summed E-state index contributed by atoms with van der Waals surface area (Å²) in [5.41, 5.74) is 0.776. The van der Waals surface area contributed by atoms with Gasteiger partial charge >= 0.3 is 5.97 Å². The predicted molar refractivity (Wildman–Crippen MR) is 77.1 cm³/mol. The number of carboxylic acids is 1. The van der Waals surface area contributed by atoms with Gasteiger partial charge < -0.3 is 14.7 Å². The van der Waals surface area contributed by atoms with E-state index >= 15 is 0 Å². The lowest BCUT2D eigenvalue weighted by Gasteiger charge is -2.28. The minimum atomic E-state index is -1.11. The Morgan fingerprint density at radius 3 is 2.64 bits per heavy atom. The van der Waals surface area contributed by atoms with Crippen LogP contribution in [-0.2, 0) is 9.59 Å². The third-order valence-electron chi connectivity index (χ3n) is 3.84. The van der Waals surface area contributed by atoms with Crippen LogP contribution in [0, 0.1) is 0 Å². The average Bonchev–Trinajstić information content (AvgIpc) is 3.03. The summed E-state index contributed by atoms with van der Waals surface area (Å²) < 4.78 is 5.30. The van der Waals surface area contributed by atoms with Crippen LogP contribution in [-0.4, -0.2) is 54.0 Å². The van der Waals surface area contributed by atoms with E-state index in [1.165, 1.54) is 6.07 Å². The van der Waals surface area contributed by atoms with Crippen molar-refractivity contribution in [1.29, 1.82) is 0 Å². The molecule has 7 heteroatoms. The van der Waals surface area contributed by atoms with Gasteiger partial charge in [0.2, 0.25) is 0 Å². The molecule has 1 aromatic carbocycles. The first-order valence-electron chi connectivity index (χ1n) is 7.14. The monoisotopic (exact) mass is 304 g/mol. The second kappa shape index (κ2) is 5.67. The van der Waals surface area contributed by atoms with Crippen LogP contribution in [0.3, 0.4) is 0 Å². The number of hydrogen-bond donors (Lipinski definition) is 1. The van der Waals surface area contributed by atoms with Gasteiger partial charge in [-0.2, -0.15) is 0 Å². The van der Waals surface area contributed by atoms with E-state index in [0.29, 0.717) is 17.0 Å². The van der Waals surface area contributed by atoms with E-state index in [4.69, 9.17) is 9.84 Å². The van der Waals surface area contributed by atoms with Gasteiger partial charge in [0.05, 0.1) is 5.69 Å². The van der Waals surface area contributed by atoms with Gasteiger partial charge in [-0.1, -0.05) is 0 Å². The molecule has 2 heterocycles. The fourth-order valence-corrected chi connectivity index (χ4v) is 2.75. The zero-order valence-electron chi connectivity index (χ0n) is 11.9. The van der Waals surface area contributed by atoms with Gasteiger partial charge in [-0.3, -0.25) is 19.3 Å². The third-order valence-corrected chi connectivity index (χ3v) is 3.84. The molecule has 0 spiro atoms. The van der Waals surface area contributed by atoms with Crippen LogP contribution in [0.25, 0.3) is 0 Å². The highest BCUT2D eigenvalue weighted by atomic mass is 16.5. The number of aliphatic carboxylic acids is 1. The fourth-order valence-electron chi connectivity index (χ4n) is 2.75. The molecule has 7 nitrogen and oxygen atoms in total. The van der Waals surface area contributed by atoms with Crippen LogP contribution in [0.4, 0.5) is 5.69 Å². The molecule has 1 fully saturated rings. The minimum Gasteiger partial charge on any atom is -0.482 e. The quantitative estimate of drug-likeness (QED) is 0.889. The van der Waals surface area contributed by atoms with E-state index in [1.807, 2.05) is 0 Å². The third kappa shape index (κ3) is 2.61. The number of anilines is 1. The fraction of sp³-hybridized carbons (Fsp3) is 0.400. The number of carbonyl (C=O) groups is 3. The number of amides is 2. The first-order valence-corrected chi connectivity index (χ1v) is 7.14. The molecule has 1 N–H and O–H groups in total. The molecule has 0 atom stereocenters. The lowest BCUT2D eigenvalue weighted by molar-refractivity contribution is -0.137. The number of benzene rings is 1. The van der Waals surface area contributed by atoms with Crippen molar-refractivity contribution in [3.63, 3.8) is 0 Å². The van der Waals surface area contributed by atoms with E-state index in [9.17, 15) is 14.4 Å². The largest absolute Gasteiger partial charge is 0.482 e. The zero-order valence-corrected chi connectivity index (χ0v) is 11.9. The van der Waals surface area contributed by atoms with Crippen molar-refractivity contribution >= 4 is 23.5 Å². The van der Waals surface area contributed by atoms with Gasteiger partial charge in [-0.05, 0) is 31.0 Å². The number of nitrogens with zero attached hydrogens (tertiary/aromatic N) is 2. The summed E-state index contributed by atoms with van der Waals surface area (Å²) in [5.74, 6) is -1.23. The predicted octanol–water partition coefficient (Wildman–Crippen LogP) is 0.733. The van der Waals surface area contributed by atoms with Crippen LogP contribution in [0.5, 0.6) is 5.75 Å². The Morgan fingerprint density at radius 2 is 1.95 bits per heavy atom. The van der Waals surface area contributed by atoms with Gasteiger partial charge in [-0.25, -0.2) is 0 Å². The molecule has 2 aliphatic heterocycles. The average molecular weight is 304 g/mol. The maximum absolute atomic E-state index is 12.4. The molecule has 2 aliphatic rings. The van der Waals surface area contributed by atoms with Crippen LogP contribution in [0.1, 0.15) is 23.2 Å². The Bertz CT molecular complexity index is 637. The van der Waals surface area contributed by atoms with Gasteiger partial charge in [0.25, 0.3) is 11.8 Å². The highest BCUT2D eigenvalue weighted by Crippen LogP contribution is 2.33. The van der Waals surface area contributed by atoms with E-state index in [2.05, 4.69) is 0 Å². The number of likely N-dealkylation sites (tertiary alicyclic amines) is 1. The summed E-state index contributed by atoms with van der Waals surface area (Å²) in [7, 11) is 0. The Hall–Kier alpha value is -2.57. The van der Waals surface area contributed by atoms with Crippen LogP contribution in [0.15, 0.2) is 18.2 Å². The molecule has 3 rings (SSSR count). The van der Waals surface area contributed by atoms with Gasteiger partial charge in [0, 0.05) is 18.7 Å². The van der Waals surface area contributed by atoms with Crippen molar-refractivity contribution < 1.29 is 24.2 Å². The topological polar surface area (TPSA) is 87.1 Å². The number of rotatable bonds is 3. The molecule has 0 unspecified atom stereocenters. The lowest BCUT2D eigenvalue weighted by atomic mass is 10.1. The molecule has 22 heavy (non-hydrogen) atoms. The molecule has 0 saturated carbocycles. The highest BCUT2D eigenvalue weighted by Gasteiger charge is 2.29. The van der Waals surface area contributed by atoms with Crippen molar-refractivity contribution in [3.8, 4) is 5.75 Å². The van der Waals surface area contributed by atoms with Gasteiger partial charge in [0.1, 0.15) is 12.3 Å². The van der Waals surface area contributed by atoms with E-state index in [1.54, 1.807) is 17.0 Å². The zero-order chi connectivity index (χ0) is 15.7. The number of hydrogen-bond acceptors (Lipinski definition) is 4. The first-order chi connectivity index (χ1) is 10.6. The smallest absolute Gasteiger partial charge is 0.323 e. The molecule has 2 amide bonds. The van der Waals surface area contributed by atoms with Crippen molar-refractivity contribution in [2.45, 2.75) is 12.8 Å². The summed E-state index contributed by atoms with van der Waals surface area (Å²) in [6.07, 6.45) is 1.98. The Kier molecular flexibility index (Phi) is 3.70. The molecule has 1 aromatic rings. The highest BCUT2D eigenvalue weighted by molar-refractivity contribution is 6.03. The normalized spacial score (nSPS) is 17.2. The molecular weight excluding hydrogens is 288 g/mol.